The minimum absolute atomic E-state index is 0.119. The zero-order valence-corrected chi connectivity index (χ0v) is 13.5. The fourth-order valence-electron chi connectivity index (χ4n) is 2.01. The lowest BCUT2D eigenvalue weighted by molar-refractivity contribution is -0.153. The van der Waals surface area contributed by atoms with Crippen molar-refractivity contribution in [2.75, 3.05) is 6.54 Å². The van der Waals surface area contributed by atoms with Crippen LogP contribution in [0.25, 0.3) is 11.0 Å². The van der Waals surface area contributed by atoms with E-state index < -0.39 is 36.9 Å². The number of furan rings is 1. The molecule has 1 heterocycles. The fourth-order valence-corrected chi connectivity index (χ4v) is 2.01. The van der Waals surface area contributed by atoms with E-state index >= 15 is 0 Å². The van der Waals surface area contributed by atoms with Gasteiger partial charge in [0.15, 0.2) is 5.76 Å². The smallest absolute Gasteiger partial charge is 0.410 e. The first kappa shape index (κ1) is 18.6. The third-order valence-electron chi connectivity index (χ3n) is 3.15. The SMILES string of the molecule is CC(C)OC(=O)NC(CNC(=O)c1cc2ccccc2o1)C(F)(F)F. The minimum atomic E-state index is -4.75. The number of halogens is 3. The third kappa shape index (κ3) is 5.13. The van der Waals surface area contributed by atoms with Crippen LogP contribution in [0.2, 0.25) is 0 Å². The Hall–Kier alpha value is -2.71. The summed E-state index contributed by atoms with van der Waals surface area (Å²) in [5.74, 6) is -0.934. The first-order chi connectivity index (χ1) is 11.7. The summed E-state index contributed by atoms with van der Waals surface area (Å²) >= 11 is 0. The highest BCUT2D eigenvalue weighted by atomic mass is 19.4. The molecule has 1 atom stereocenters. The van der Waals surface area contributed by atoms with Gasteiger partial charge >= 0.3 is 12.3 Å². The summed E-state index contributed by atoms with van der Waals surface area (Å²) in [7, 11) is 0. The van der Waals surface area contributed by atoms with Crippen molar-refractivity contribution in [2.24, 2.45) is 0 Å². The van der Waals surface area contributed by atoms with Gasteiger partial charge in [0.2, 0.25) is 0 Å². The van der Waals surface area contributed by atoms with E-state index in [1.54, 1.807) is 29.6 Å². The number of benzene rings is 1. The average Bonchev–Trinajstić information content (AvgIpc) is 2.93. The predicted molar refractivity (Wildman–Crippen MR) is 83.1 cm³/mol. The van der Waals surface area contributed by atoms with Crippen LogP contribution >= 0.6 is 0 Å². The summed E-state index contributed by atoms with van der Waals surface area (Å²) in [4.78, 5) is 23.4. The summed E-state index contributed by atoms with van der Waals surface area (Å²) in [6, 6.07) is 5.92. The van der Waals surface area contributed by atoms with Crippen molar-refractivity contribution >= 4 is 23.0 Å². The normalized spacial score (nSPS) is 12.9. The minimum Gasteiger partial charge on any atom is -0.451 e. The summed E-state index contributed by atoms with van der Waals surface area (Å²) in [6.45, 7) is 2.16. The van der Waals surface area contributed by atoms with Gasteiger partial charge in [-0.3, -0.25) is 4.79 Å². The number of rotatable bonds is 5. The first-order valence-electron chi connectivity index (χ1n) is 7.47. The second kappa shape index (κ2) is 7.45. The van der Waals surface area contributed by atoms with Crippen LogP contribution in [0.3, 0.4) is 0 Å². The van der Waals surface area contributed by atoms with Gasteiger partial charge in [-0.25, -0.2) is 4.79 Å². The van der Waals surface area contributed by atoms with Crippen LogP contribution < -0.4 is 10.6 Å². The molecule has 1 unspecified atom stereocenters. The molecule has 6 nitrogen and oxygen atoms in total. The van der Waals surface area contributed by atoms with E-state index in [2.05, 4.69) is 10.1 Å². The van der Waals surface area contributed by atoms with Gasteiger partial charge in [-0.2, -0.15) is 13.2 Å². The van der Waals surface area contributed by atoms with E-state index in [0.717, 1.165) is 0 Å². The second-order valence-electron chi connectivity index (χ2n) is 5.55. The molecule has 2 aromatic rings. The van der Waals surface area contributed by atoms with Crippen molar-refractivity contribution in [3.05, 3.63) is 36.1 Å². The van der Waals surface area contributed by atoms with Crippen LogP contribution in [0.15, 0.2) is 34.7 Å². The van der Waals surface area contributed by atoms with E-state index in [0.29, 0.717) is 11.0 Å². The molecule has 1 aromatic carbocycles. The molecule has 25 heavy (non-hydrogen) atoms. The maximum Gasteiger partial charge on any atom is 0.410 e. The maximum atomic E-state index is 13.0. The lowest BCUT2D eigenvalue weighted by Crippen LogP contribution is -2.52. The summed E-state index contributed by atoms with van der Waals surface area (Å²) in [5.41, 5.74) is 0.443. The molecule has 0 aliphatic carbocycles. The molecular formula is C16H17F3N2O4. The van der Waals surface area contributed by atoms with Crippen LogP contribution in [0.5, 0.6) is 0 Å². The Balaban J connectivity index is 2.01. The van der Waals surface area contributed by atoms with Gasteiger partial charge < -0.3 is 19.8 Å². The van der Waals surface area contributed by atoms with Gasteiger partial charge in [0.25, 0.3) is 5.91 Å². The van der Waals surface area contributed by atoms with Crippen molar-refractivity contribution in [1.29, 1.82) is 0 Å². The zero-order chi connectivity index (χ0) is 18.6. The van der Waals surface area contributed by atoms with E-state index in [9.17, 15) is 22.8 Å². The molecule has 0 saturated carbocycles. The molecule has 0 fully saturated rings. The number of hydrogen-bond donors (Lipinski definition) is 2. The molecule has 136 valence electrons. The maximum absolute atomic E-state index is 13.0. The van der Waals surface area contributed by atoms with Gasteiger partial charge in [0, 0.05) is 11.9 Å². The van der Waals surface area contributed by atoms with E-state index in [-0.39, 0.29) is 5.76 Å². The number of fused-ring (bicyclic) bond motifs is 1. The van der Waals surface area contributed by atoms with Crippen molar-refractivity contribution < 1.29 is 31.9 Å². The average molecular weight is 358 g/mol. The number of carbonyl (C=O) groups excluding carboxylic acids is 2. The Kier molecular flexibility index (Phi) is 5.55. The van der Waals surface area contributed by atoms with Crippen LogP contribution in [-0.2, 0) is 4.74 Å². The number of para-hydroxylation sites is 1. The van der Waals surface area contributed by atoms with Gasteiger partial charge in [-0.1, -0.05) is 18.2 Å². The van der Waals surface area contributed by atoms with Crippen LogP contribution in [0.4, 0.5) is 18.0 Å². The Morgan fingerprint density at radius 1 is 1.24 bits per heavy atom. The Morgan fingerprint density at radius 3 is 2.52 bits per heavy atom. The van der Waals surface area contributed by atoms with E-state index in [1.165, 1.54) is 19.9 Å². The number of alkyl carbamates (subject to hydrolysis) is 1. The van der Waals surface area contributed by atoms with Crippen molar-refractivity contribution in [2.45, 2.75) is 32.2 Å². The molecule has 0 aliphatic heterocycles. The molecular weight excluding hydrogens is 341 g/mol. The van der Waals surface area contributed by atoms with Gasteiger partial charge in [-0.05, 0) is 26.0 Å². The van der Waals surface area contributed by atoms with Gasteiger partial charge in [0.05, 0.1) is 6.10 Å². The Morgan fingerprint density at radius 2 is 1.92 bits per heavy atom. The molecule has 0 aliphatic rings. The number of amides is 2. The standard InChI is InChI=1S/C16H17F3N2O4/c1-9(2)24-15(23)21-13(16(17,18)19)8-20-14(22)12-7-10-5-3-4-6-11(10)25-12/h3-7,9,13H,8H2,1-2H3,(H,20,22)(H,21,23). The molecule has 2 rings (SSSR count). The fraction of sp³-hybridized carbons (Fsp3) is 0.375. The number of ether oxygens (including phenoxy) is 1. The largest absolute Gasteiger partial charge is 0.451 e. The molecule has 0 radical (unpaired) electrons. The van der Waals surface area contributed by atoms with Gasteiger partial charge in [0.1, 0.15) is 11.6 Å². The predicted octanol–water partition coefficient (Wildman–Crippen LogP) is 3.23. The van der Waals surface area contributed by atoms with E-state index in [1.807, 2.05) is 0 Å². The highest BCUT2D eigenvalue weighted by Crippen LogP contribution is 2.21. The molecule has 1 aromatic heterocycles. The van der Waals surface area contributed by atoms with Crippen molar-refractivity contribution in [1.82, 2.24) is 10.6 Å². The topological polar surface area (TPSA) is 80.6 Å². The lowest BCUT2D eigenvalue weighted by atomic mass is 10.2. The summed E-state index contributed by atoms with van der Waals surface area (Å²) in [5, 5.41) is 4.44. The number of nitrogens with one attached hydrogen (secondary N) is 2. The van der Waals surface area contributed by atoms with Crippen LogP contribution in [0, 0.1) is 0 Å². The second-order valence-corrected chi connectivity index (χ2v) is 5.55. The molecule has 0 saturated heterocycles. The number of alkyl halides is 3. The number of carbonyl (C=O) groups is 2. The summed E-state index contributed by atoms with van der Waals surface area (Å²) < 4.78 is 48.9. The monoisotopic (exact) mass is 358 g/mol. The lowest BCUT2D eigenvalue weighted by Gasteiger charge is -2.22. The van der Waals surface area contributed by atoms with Crippen molar-refractivity contribution in [3.8, 4) is 0 Å². The van der Waals surface area contributed by atoms with Crippen LogP contribution in [-0.4, -0.2) is 36.9 Å². The molecule has 9 heteroatoms. The van der Waals surface area contributed by atoms with E-state index in [4.69, 9.17) is 4.42 Å². The molecule has 0 spiro atoms. The first-order valence-corrected chi connectivity index (χ1v) is 7.47. The third-order valence-corrected chi connectivity index (χ3v) is 3.15. The number of hydrogen-bond acceptors (Lipinski definition) is 4. The molecule has 2 amide bonds. The molecule has 0 bridgehead atoms. The highest BCUT2D eigenvalue weighted by molar-refractivity contribution is 5.96. The highest BCUT2D eigenvalue weighted by Gasteiger charge is 2.41. The quantitative estimate of drug-likeness (QED) is 0.860. The zero-order valence-electron chi connectivity index (χ0n) is 13.5. The molecule has 2 N–H and O–H groups in total. The van der Waals surface area contributed by atoms with Crippen molar-refractivity contribution in [3.63, 3.8) is 0 Å². The Bertz CT molecular complexity index is 722. The van der Waals surface area contributed by atoms with Gasteiger partial charge in [-0.15, -0.1) is 0 Å². The Labute approximate surface area is 141 Å². The summed E-state index contributed by atoms with van der Waals surface area (Å²) in [6.07, 6.45) is -6.54. The van der Waals surface area contributed by atoms with Crippen LogP contribution in [0.1, 0.15) is 24.4 Å².